The molecule has 6 heteroatoms. The zero-order chi connectivity index (χ0) is 20.5. The molecule has 0 bridgehead atoms. The molecule has 1 fully saturated rings. The van der Waals surface area contributed by atoms with Gasteiger partial charge < -0.3 is 5.73 Å². The summed E-state index contributed by atoms with van der Waals surface area (Å²) in [5.41, 5.74) is 7.47. The van der Waals surface area contributed by atoms with Crippen molar-refractivity contribution in [3.63, 3.8) is 0 Å². The SMILES string of the molecule is CC(=O)c1cccc(C(=O)[N+]2(c3cccc(C(C)=O)c3)CCC[C@H]2C(N)=O)c1. The first-order chi connectivity index (χ1) is 13.3. The van der Waals surface area contributed by atoms with Crippen LogP contribution in [-0.2, 0) is 4.79 Å². The highest BCUT2D eigenvalue weighted by molar-refractivity contribution is 6.08. The number of ketones is 2. The number of quaternary nitrogens is 1. The molecule has 144 valence electrons. The van der Waals surface area contributed by atoms with Crippen molar-refractivity contribution in [1.29, 1.82) is 0 Å². The Morgan fingerprint density at radius 3 is 2.07 bits per heavy atom. The van der Waals surface area contributed by atoms with Crippen molar-refractivity contribution < 1.29 is 19.2 Å². The lowest BCUT2D eigenvalue weighted by atomic mass is 10.0. The molecule has 2 N–H and O–H groups in total. The van der Waals surface area contributed by atoms with Crippen molar-refractivity contribution in [2.45, 2.75) is 32.7 Å². The maximum Gasteiger partial charge on any atom is 0.351 e. The molecule has 0 radical (unpaired) electrons. The van der Waals surface area contributed by atoms with E-state index in [0.29, 0.717) is 41.8 Å². The molecule has 0 spiro atoms. The number of primary amides is 1. The lowest BCUT2D eigenvalue weighted by molar-refractivity contribution is -0.121. The Bertz CT molecular complexity index is 982. The second-order valence-corrected chi connectivity index (χ2v) is 7.20. The van der Waals surface area contributed by atoms with Crippen LogP contribution in [0.15, 0.2) is 48.5 Å². The first-order valence-corrected chi connectivity index (χ1v) is 9.22. The van der Waals surface area contributed by atoms with Crippen molar-refractivity contribution in [2.24, 2.45) is 5.73 Å². The number of Topliss-reactive ketones (excluding diaryl/α,β-unsaturated/α-hetero) is 2. The number of hydrogen-bond acceptors (Lipinski definition) is 4. The number of hydrogen-bond donors (Lipinski definition) is 1. The minimum absolute atomic E-state index is 0.124. The van der Waals surface area contributed by atoms with Crippen molar-refractivity contribution in [3.8, 4) is 0 Å². The quantitative estimate of drug-likeness (QED) is 0.638. The Kier molecular flexibility index (Phi) is 5.25. The van der Waals surface area contributed by atoms with Crippen LogP contribution in [0.2, 0.25) is 0 Å². The summed E-state index contributed by atoms with van der Waals surface area (Å²) in [5, 5.41) is 0. The van der Waals surface area contributed by atoms with Gasteiger partial charge in [0, 0.05) is 30.0 Å². The lowest BCUT2D eigenvalue weighted by Gasteiger charge is -2.35. The van der Waals surface area contributed by atoms with E-state index in [9.17, 15) is 19.2 Å². The molecule has 2 aromatic rings. The first-order valence-electron chi connectivity index (χ1n) is 9.22. The molecule has 1 unspecified atom stereocenters. The smallest absolute Gasteiger partial charge is 0.351 e. The van der Waals surface area contributed by atoms with Gasteiger partial charge in [0.25, 0.3) is 5.91 Å². The van der Waals surface area contributed by atoms with Crippen LogP contribution in [0, 0.1) is 0 Å². The Balaban J connectivity index is 2.21. The number of rotatable bonds is 5. The molecule has 0 aliphatic carbocycles. The van der Waals surface area contributed by atoms with Crippen LogP contribution in [0.25, 0.3) is 0 Å². The summed E-state index contributed by atoms with van der Waals surface area (Å²) in [6.45, 7) is 3.29. The van der Waals surface area contributed by atoms with Crippen molar-refractivity contribution in [2.75, 3.05) is 6.54 Å². The molecular weight excluding hydrogens is 356 g/mol. The first kappa shape index (κ1) is 19.6. The number of likely N-dealkylation sites (tertiary alicyclic amines) is 1. The molecule has 1 heterocycles. The van der Waals surface area contributed by atoms with Crippen LogP contribution in [-0.4, -0.2) is 36.0 Å². The molecule has 28 heavy (non-hydrogen) atoms. The number of carbonyl (C=O) groups excluding carboxylic acids is 4. The van der Waals surface area contributed by atoms with E-state index in [1.165, 1.54) is 13.8 Å². The Morgan fingerprint density at radius 1 is 0.893 bits per heavy atom. The van der Waals surface area contributed by atoms with Crippen LogP contribution in [0.1, 0.15) is 57.8 Å². The van der Waals surface area contributed by atoms with Crippen molar-refractivity contribution >= 4 is 29.1 Å². The standard InChI is InChI=1S/C22H22N2O4/c1-14(25)16-6-3-8-18(12-16)22(28)24(11-5-10-20(24)21(23)27)19-9-4-7-17(13-19)15(2)26/h3-4,6-9,12-13,20H,5,10-11H2,1-2H3,(H-,23,27)/p+1/t20-,24?/m0/s1. The van der Waals surface area contributed by atoms with Crippen LogP contribution in [0.5, 0.6) is 0 Å². The van der Waals surface area contributed by atoms with Gasteiger partial charge in [-0.3, -0.25) is 14.4 Å². The maximum absolute atomic E-state index is 13.7. The highest BCUT2D eigenvalue weighted by Gasteiger charge is 2.53. The molecule has 1 aliphatic rings. The van der Waals surface area contributed by atoms with Gasteiger partial charge in [-0.2, -0.15) is 0 Å². The second kappa shape index (κ2) is 7.48. The third-order valence-corrected chi connectivity index (χ3v) is 5.44. The van der Waals surface area contributed by atoms with E-state index in [-0.39, 0.29) is 22.0 Å². The Morgan fingerprint density at radius 2 is 1.46 bits per heavy atom. The molecule has 0 saturated carbocycles. The zero-order valence-corrected chi connectivity index (χ0v) is 16.0. The molecule has 3 rings (SSSR count). The highest BCUT2D eigenvalue weighted by atomic mass is 16.2. The highest BCUT2D eigenvalue weighted by Crippen LogP contribution is 2.37. The Labute approximate surface area is 163 Å². The fourth-order valence-electron chi connectivity index (χ4n) is 4.01. The number of carbonyl (C=O) groups is 4. The summed E-state index contributed by atoms with van der Waals surface area (Å²) in [6, 6.07) is 12.6. The molecule has 2 aromatic carbocycles. The predicted molar refractivity (Wildman–Crippen MR) is 106 cm³/mol. The normalized spacial score (nSPS) is 21.3. The number of nitrogens with zero attached hydrogens (tertiary/aromatic N) is 1. The molecule has 2 atom stereocenters. The summed E-state index contributed by atoms with van der Waals surface area (Å²) >= 11 is 0. The van der Waals surface area contributed by atoms with Gasteiger partial charge in [0.05, 0.1) is 12.1 Å². The fraction of sp³-hybridized carbons (Fsp3) is 0.273. The minimum Gasteiger partial charge on any atom is -0.364 e. The number of benzene rings is 2. The van der Waals surface area contributed by atoms with E-state index < -0.39 is 11.9 Å². The molecule has 1 aliphatic heterocycles. The molecule has 1 saturated heterocycles. The topological polar surface area (TPSA) is 94.3 Å². The van der Waals surface area contributed by atoms with Crippen molar-refractivity contribution in [3.05, 3.63) is 65.2 Å². The third-order valence-electron chi connectivity index (χ3n) is 5.44. The summed E-state index contributed by atoms with van der Waals surface area (Å²) in [6.07, 6.45) is 1.13. The summed E-state index contributed by atoms with van der Waals surface area (Å²) in [7, 11) is 0. The summed E-state index contributed by atoms with van der Waals surface area (Å²) in [5.74, 6) is -1.12. The fourth-order valence-corrected chi connectivity index (χ4v) is 4.01. The zero-order valence-electron chi connectivity index (χ0n) is 16.0. The van der Waals surface area contributed by atoms with E-state index in [2.05, 4.69) is 0 Å². The molecular formula is C22H23N2O4+. The van der Waals surface area contributed by atoms with E-state index in [1.54, 1.807) is 48.5 Å². The summed E-state index contributed by atoms with van der Waals surface area (Å²) in [4.78, 5) is 49.6. The van der Waals surface area contributed by atoms with E-state index in [0.717, 1.165) is 0 Å². The maximum atomic E-state index is 13.7. The Hall–Kier alpha value is -3.12. The van der Waals surface area contributed by atoms with Gasteiger partial charge >= 0.3 is 5.91 Å². The van der Waals surface area contributed by atoms with Crippen LogP contribution in [0.4, 0.5) is 5.69 Å². The molecule has 6 nitrogen and oxygen atoms in total. The van der Waals surface area contributed by atoms with Gasteiger partial charge in [-0.25, -0.2) is 9.28 Å². The van der Waals surface area contributed by atoms with Gasteiger partial charge in [-0.15, -0.1) is 0 Å². The van der Waals surface area contributed by atoms with Crippen molar-refractivity contribution in [1.82, 2.24) is 4.48 Å². The monoisotopic (exact) mass is 379 g/mol. The van der Waals surface area contributed by atoms with Gasteiger partial charge in [0.15, 0.2) is 17.6 Å². The largest absolute Gasteiger partial charge is 0.364 e. The molecule has 2 amide bonds. The summed E-state index contributed by atoms with van der Waals surface area (Å²) < 4.78 is -0.266. The van der Waals surface area contributed by atoms with E-state index >= 15 is 0 Å². The number of amides is 2. The van der Waals surface area contributed by atoms with Gasteiger partial charge in [-0.05, 0) is 32.0 Å². The lowest BCUT2D eigenvalue weighted by Crippen LogP contribution is -2.61. The van der Waals surface area contributed by atoms with Crippen LogP contribution < -0.4 is 10.2 Å². The minimum atomic E-state index is -0.726. The second-order valence-electron chi connectivity index (χ2n) is 7.20. The van der Waals surface area contributed by atoms with E-state index in [1.807, 2.05) is 0 Å². The van der Waals surface area contributed by atoms with Crippen LogP contribution >= 0.6 is 0 Å². The average molecular weight is 379 g/mol. The average Bonchev–Trinajstić information content (AvgIpc) is 3.14. The van der Waals surface area contributed by atoms with Gasteiger partial charge in [-0.1, -0.05) is 24.3 Å². The van der Waals surface area contributed by atoms with Gasteiger partial charge in [0.2, 0.25) is 0 Å². The van der Waals surface area contributed by atoms with Crippen LogP contribution in [0.3, 0.4) is 0 Å². The van der Waals surface area contributed by atoms with E-state index in [4.69, 9.17) is 5.73 Å². The molecule has 0 aromatic heterocycles. The third kappa shape index (κ3) is 3.27. The predicted octanol–water partition coefficient (Wildman–Crippen LogP) is 2.89. The van der Waals surface area contributed by atoms with Gasteiger partial charge in [0.1, 0.15) is 5.69 Å². The number of nitrogens with two attached hydrogens (primary N) is 1.